The van der Waals surface area contributed by atoms with Crippen LogP contribution >= 0.6 is 0 Å². The lowest BCUT2D eigenvalue weighted by Crippen LogP contribution is -2.61. The number of amides is 5. The second kappa shape index (κ2) is 9.27. The van der Waals surface area contributed by atoms with Gasteiger partial charge < -0.3 is 25.8 Å². The topological polar surface area (TPSA) is 111 Å². The van der Waals surface area contributed by atoms with Gasteiger partial charge >= 0.3 is 17.8 Å². The molecule has 178 valence electrons. The summed E-state index contributed by atoms with van der Waals surface area (Å²) in [5.41, 5.74) is -0.0342. The Balaban J connectivity index is 1.15. The van der Waals surface area contributed by atoms with Crippen molar-refractivity contribution >= 4 is 23.8 Å². The molecule has 5 aliphatic rings. The fourth-order valence-electron chi connectivity index (χ4n) is 6.62. The summed E-state index contributed by atoms with van der Waals surface area (Å²) < 4.78 is 0. The maximum atomic E-state index is 12.5. The molecule has 5 amide bonds. The third kappa shape index (κ3) is 5.18. The highest BCUT2D eigenvalue weighted by molar-refractivity contribution is 6.35. The third-order valence-electron chi connectivity index (χ3n) is 7.57. The summed E-state index contributed by atoms with van der Waals surface area (Å²) in [7, 11) is 0. The van der Waals surface area contributed by atoms with Crippen molar-refractivity contribution in [1.29, 1.82) is 0 Å². The van der Waals surface area contributed by atoms with Crippen LogP contribution < -0.4 is 16.0 Å². The van der Waals surface area contributed by atoms with Gasteiger partial charge in [0.15, 0.2) is 0 Å². The fraction of sp³-hybridized carbons (Fsp3) is 0.826. The predicted molar refractivity (Wildman–Crippen MR) is 118 cm³/mol. The van der Waals surface area contributed by atoms with Crippen molar-refractivity contribution < 1.29 is 19.2 Å². The molecule has 0 atom stereocenters. The third-order valence-corrected chi connectivity index (χ3v) is 7.57. The molecule has 0 radical (unpaired) electrons. The van der Waals surface area contributed by atoms with Gasteiger partial charge in [-0.15, -0.1) is 0 Å². The molecule has 0 aromatic carbocycles. The highest BCUT2D eigenvalue weighted by Gasteiger charge is 2.51. The van der Waals surface area contributed by atoms with E-state index in [2.05, 4.69) is 16.0 Å². The highest BCUT2D eigenvalue weighted by Crippen LogP contribution is 2.55. The van der Waals surface area contributed by atoms with Crippen LogP contribution in [0.4, 0.5) is 4.79 Å². The Morgan fingerprint density at radius 3 is 1.94 bits per heavy atom. The summed E-state index contributed by atoms with van der Waals surface area (Å²) in [6.45, 7) is 5.40. The number of hydrogen-bond acceptors (Lipinski definition) is 4. The van der Waals surface area contributed by atoms with Crippen LogP contribution in [0.25, 0.3) is 0 Å². The summed E-state index contributed by atoms with van der Waals surface area (Å²) in [6, 6.07) is -0.256. The van der Waals surface area contributed by atoms with Crippen LogP contribution in [-0.2, 0) is 14.4 Å². The van der Waals surface area contributed by atoms with Crippen LogP contribution in [-0.4, -0.2) is 77.9 Å². The molecule has 4 bridgehead atoms. The summed E-state index contributed by atoms with van der Waals surface area (Å²) in [6.07, 6.45) is 7.53. The van der Waals surface area contributed by atoms with E-state index in [4.69, 9.17) is 0 Å². The van der Waals surface area contributed by atoms with E-state index in [1.165, 1.54) is 24.2 Å². The number of piperazine rings is 1. The van der Waals surface area contributed by atoms with Crippen molar-refractivity contribution in [2.75, 3.05) is 32.7 Å². The van der Waals surface area contributed by atoms with E-state index in [9.17, 15) is 19.2 Å². The number of nitrogens with one attached hydrogen (secondary N) is 3. The number of carbonyl (C=O) groups is 4. The van der Waals surface area contributed by atoms with Crippen molar-refractivity contribution in [1.82, 2.24) is 25.8 Å². The van der Waals surface area contributed by atoms with Gasteiger partial charge in [-0.25, -0.2) is 4.79 Å². The quantitative estimate of drug-likeness (QED) is 0.543. The van der Waals surface area contributed by atoms with E-state index in [0.29, 0.717) is 32.7 Å². The van der Waals surface area contributed by atoms with Gasteiger partial charge in [-0.3, -0.25) is 14.4 Å². The van der Waals surface area contributed by atoms with E-state index in [1.54, 1.807) is 18.7 Å². The van der Waals surface area contributed by atoms with Crippen molar-refractivity contribution in [3.05, 3.63) is 0 Å². The molecule has 4 saturated carbocycles. The van der Waals surface area contributed by atoms with Gasteiger partial charge in [0.25, 0.3) is 0 Å². The van der Waals surface area contributed by atoms with Crippen LogP contribution in [0.2, 0.25) is 0 Å². The zero-order valence-electron chi connectivity index (χ0n) is 19.3. The van der Waals surface area contributed by atoms with Gasteiger partial charge in [-0.2, -0.15) is 0 Å². The molecular formula is C23H37N5O4. The maximum absolute atomic E-state index is 12.5. The summed E-state index contributed by atoms with van der Waals surface area (Å²) in [5, 5.41) is 8.74. The van der Waals surface area contributed by atoms with Gasteiger partial charge in [0.2, 0.25) is 5.91 Å². The lowest BCUT2D eigenvalue weighted by Gasteiger charge is -2.56. The monoisotopic (exact) mass is 447 g/mol. The molecule has 1 aliphatic heterocycles. The van der Waals surface area contributed by atoms with Crippen LogP contribution in [0.1, 0.15) is 58.8 Å². The van der Waals surface area contributed by atoms with Crippen LogP contribution in [0.5, 0.6) is 0 Å². The molecule has 4 aliphatic carbocycles. The molecule has 1 heterocycles. The highest BCUT2D eigenvalue weighted by atomic mass is 16.2. The minimum atomic E-state index is -0.603. The van der Waals surface area contributed by atoms with Gasteiger partial charge in [-0.1, -0.05) is 0 Å². The average molecular weight is 448 g/mol. The zero-order chi connectivity index (χ0) is 22.9. The first-order valence-corrected chi connectivity index (χ1v) is 12.2. The molecule has 1 saturated heterocycles. The summed E-state index contributed by atoms with van der Waals surface area (Å²) >= 11 is 0. The Kier molecular flexibility index (Phi) is 6.62. The number of rotatable bonds is 5. The zero-order valence-corrected chi connectivity index (χ0v) is 19.3. The maximum Gasteiger partial charge on any atom is 0.315 e. The second-order valence-electron chi connectivity index (χ2n) is 10.6. The summed E-state index contributed by atoms with van der Waals surface area (Å²) in [4.78, 5) is 52.3. The first kappa shape index (κ1) is 22.9. The molecule has 3 N–H and O–H groups in total. The smallest absolute Gasteiger partial charge is 0.315 e. The van der Waals surface area contributed by atoms with Crippen molar-refractivity contribution in [2.45, 2.75) is 70.4 Å². The first-order valence-electron chi connectivity index (χ1n) is 12.2. The van der Waals surface area contributed by atoms with E-state index >= 15 is 0 Å². The Labute approximate surface area is 190 Å². The Morgan fingerprint density at radius 1 is 0.875 bits per heavy atom. The summed E-state index contributed by atoms with van der Waals surface area (Å²) in [5.74, 6) is 1.11. The van der Waals surface area contributed by atoms with E-state index in [0.717, 1.165) is 37.0 Å². The van der Waals surface area contributed by atoms with Gasteiger partial charge in [-0.05, 0) is 70.1 Å². The molecule has 9 nitrogen and oxygen atoms in total. The molecule has 32 heavy (non-hydrogen) atoms. The standard InChI is InChI=1S/C23H37N5O4/c1-15(2)25-20(30)21(31)28-7-5-27(6-8-28)19(29)3-4-24-22(32)26-23-12-16-9-17(13-23)11-18(10-16)14-23/h15-18H,3-14H2,1-2H3,(H,25,30)(H2,24,26,32). The predicted octanol–water partition coefficient (Wildman–Crippen LogP) is 0.840. The molecular weight excluding hydrogens is 410 g/mol. The molecule has 9 heteroatoms. The van der Waals surface area contributed by atoms with Crippen LogP contribution in [0, 0.1) is 17.8 Å². The molecule has 5 rings (SSSR count). The molecule has 5 fully saturated rings. The number of hydrogen-bond donors (Lipinski definition) is 3. The second-order valence-corrected chi connectivity index (χ2v) is 10.6. The fourth-order valence-corrected chi connectivity index (χ4v) is 6.62. The van der Waals surface area contributed by atoms with Crippen molar-refractivity contribution in [3.8, 4) is 0 Å². The van der Waals surface area contributed by atoms with E-state index in [-0.39, 0.29) is 29.9 Å². The Bertz CT molecular complexity index is 724. The van der Waals surface area contributed by atoms with Crippen LogP contribution in [0.3, 0.4) is 0 Å². The van der Waals surface area contributed by atoms with Crippen molar-refractivity contribution in [3.63, 3.8) is 0 Å². The van der Waals surface area contributed by atoms with Gasteiger partial charge in [0.05, 0.1) is 0 Å². The van der Waals surface area contributed by atoms with E-state index < -0.39 is 11.8 Å². The lowest BCUT2D eigenvalue weighted by molar-refractivity contribution is -0.148. The molecule has 0 aromatic heterocycles. The molecule has 0 aromatic rings. The minimum absolute atomic E-state index is 0.0342. The minimum Gasteiger partial charge on any atom is -0.346 e. The number of urea groups is 1. The number of carbonyl (C=O) groups excluding carboxylic acids is 4. The molecule has 0 unspecified atom stereocenters. The lowest BCUT2D eigenvalue weighted by atomic mass is 9.53. The Morgan fingerprint density at radius 2 is 1.41 bits per heavy atom. The number of nitrogens with zero attached hydrogens (tertiary/aromatic N) is 2. The van der Waals surface area contributed by atoms with E-state index in [1.807, 2.05) is 0 Å². The van der Waals surface area contributed by atoms with Gasteiger partial charge in [0.1, 0.15) is 0 Å². The Hall–Kier alpha value is -2.32. The van der Waals surface area contributed by atoms with Crippen LogP contribution in [0.15, 0.2) is 0 Å². The molecule has 0 spiro atoms. The SMILES string of the molecule is CC(C)NC(=O)C(=O)N1CCN(C(=O)CCNC(=O)NC23CC4CC(CC(C4)C2)C3)CC1. The normalized spacial score (nSPS) is 30.9. The van der Waals surface area contributed by atoms with Gasteiger partial charge in [0, 0.05) is 50.7 Å². The van der Waals surface area contributed by atoms with Crippen molar-refractivity contribution in [2.24, 2.45) is 17.8 Å². The first-order chi connectivity index (χ1) is 15.2. The largest absolute Gasteiger partial charge is 0.346 e. The average Bonchev–Trinajstić information content (AvgIpc) is 2.71.